The number of aliphatic carboxylic acids is 1. The Kier molecular flexibility index (Phi) is 10.3. The highest BCUT2D eigenvalue weighted by molar-refractivity contribution is 7.80. The summed E-state index contributed by atoms with van der Waals surface area (Å²) in [5.74, 6) is -4.10. The van der Waals surface area contributed by atoms with Gasteiger partial charge in [0.05, 0.1) is 18.9 Å². The maximum atomic E-state index is 12.5. The average Bonchev–Trinajstić information content (AvgIpc) is 3.20. The summed E-state index contributed by atoms with van der Waals surface area (Å²) in [5, 5.41) is 16.3. The maximum Gasteiger partial charge on any atom is 0.326 e. The zero-order valence-electron chi connectivity index (χ0n) is 16.0. The van der Waals surface area contributed by atoms with E-state index in [2.05, 4.69) is 38.5 Å². The molecule has 0 saturated carbocycles. The predicted octanol–water partition coefficient (Wildman–Crippen LogP) is -3.35. The molecule has 0 aliphatic carbocycles. The number of nitrogens with zero attached hydrogens (tertiary/aromatic N) is 1. The number of amides is 4. The normalized spacial score (nSPS) is 13.5. The largest absolute Gasteiger partial charge is 0.480 e. The zero-order chi connectivity index (χ0) is 22.7. The van der Waals surface area contributed by atoms with Gasteiger partial charge in [0.25, 0.3) is 0 Å². The van der Waals surface area contributed by atoms with Crippen LogP contribution < -0.4 is 27.4 Å². The molecule has 4 amide bonds. The van der Waals surface area contributed by atoms with Crippen molar-refractivity contribution in [2.45, 2.75) is 37.4 Å². The number of primary amides is 1. The van der Waals surface area contributed by atoms with Crippen molar-refractivity contribution in [1.29, 1.82) is 0 Å². The van der Waals surface area contributed by atoms with Crippen LogP contribution >= 0.6 is 12.6 Å². The fourth-order valence-electron chi connectivity index (χ4n) is 2.27. The minimum atomic E-state index is -1.31. The van der Waals surface area contributed by atoms with Crippen LogP contribution in [0.4, 0.5) is 0 Å². The molecule has 1 heterocycles. The van der Waals surface area contributed by atoms with Crippen LogP contribution in [0.3, 0.4) is 0 Å². The van der Waals surface area contributed by atoms with E-state index < -0.39 is 54.3 Å². The minimum absolute atomic E-state index is 0.0734. The molecule has 1 aromatic rings. The number of H-pyrrole nitrogens is 1. The molecule has 0 aromatic carbocycles. The lowest BCUT2D eigenvalue weighted by Gasteiger charge is -2.21. The van der Waals surface area contributed by atoms with Crippen LogP contribution in [0.5, 0.6) is 0 Å². The molecular weight excluding hydrogens is 418 g/mol. The van der Waals surface area contributed by atoms with E-state index >= 15 is 0 Å². The summed E-state index contributed by atoms with van der Waals surface area (Å²) in [5.41, 5.74) is 11.0. The molecule has 13 nitrogen and oxygen atoms in total. The molecule has 0 saturated heterocycles. The van der Waals surface area contributed by atoms with E-state index in [1.54, 1.807) is 0 Å². The van der Waals surface area contributed by atoms with Crippen LogP contribution in [0.2, 0.25) is 0 Å². The number of carbonyl (C=O) groups excluding carboxylic acids is 4. The van der Waals surface area contributed by atoms with Crippen LogP contribution in [0.25, 0.3) is 0 Å². The Balaban J connectivity index is 2.75. The molecule has 166 valence electrons. The lowest BCUT2D eigenvalue weighted by atomic mass is 10.1. The smallest absolute Gasteiger partial charge is 0.326 e. The van der Waals surface area contributed by atoms with Gasteiger partial charge in [-0.3, -0.25) is 19.2 Å². The molecule has 0 fully saturated rings. The molecule has 3 unspecified atom stereocenters. The van der Waals surface area contributed by atoms with Gasteiger partial charge < -0.3 is 37.5 Å². The number of imidazole rings is 1. The first-order chi connectivity index (χ1) is 14.1. The van der Waals surface area contributed by atoms with E-state index in [-0.39, 0.29) is 25.0 Å². The summed E-state index contributed by atoms with van der Waals surface area (Å²) >= 11 is 3.87. The molecule has 0 aliphatic heterocycles. The molecule has 3 atom stereocenters. The molecule has 9 N–H and O–H groups in total. The molecule has 0 bridgehead atoms. The van der Waals surface area contributed by atoms with Crippen molar-refractivity contribution in [3.8, 4) is 0 Å². The van der Waals surface area contributed by atoms with Crippen molar-refractivity contribution < 1.29 is 29.1 Å². The summed E-state index contributed by atoms with van der Waals surface area (Å²) in [6.45, 7) is -0.475. The summed E-state index contributed by atoms with van der Waals surface area (Å²) in [6.07, 6.45) is 2.31. The monoisotopic (exact) mass is 443 g/mol. The van der Waals surface area contributed by atoms with Crippen molar-refractivity contribution in [3.05, 3.63) is 18.2 Å². The second kappa shape index (κ2) is 12.4. The van der Waals surface area contributed by atoms with E-state index in [0.29, 0.717) is 5.69 Å². The summed E-state index contributed by atoms with van der Waals surface area (Å²) in [6, 6.07) is -3.46. The third kappa shape index (κ3) is 8.91. The van der Waals surface area contributed by atoms with Crippen molar-refractivity contribution in [2.24, 2.45) is 11.5 Å². The average molecular weight is 443 g/mol. The number of nitrogens with one attached hydrogen (secondary N) is 4. The summed E-state index contributed by atoms with van der Waals surface area (Å²) in [4.78, 5) is 65.3. The summed E-state index contributed by atoms with van der Waals surface area (Å²) < 4.78 is 0. The van der Waals surface area contributed by atoms with Gasteiger partial charge >= 0.3 is 5.97 Å². The Morgan fingerprint density at radius 1 is 1.17 bits per heavy atom. The molecule has 0 radical (unpaired) electrons. The fraction of sp³-hybridized carbons (Fsp3) is 0.500. The van der Waals surface area contributed by atoms with Crippen molar-refractivity contribution >= 4 is 42.2 Å². The van der Waals surface area contributed by atoms with Gasteiger partial charge in [0, 0.05) is 30.5 Å². The SMILES string of the molecule is NC(=O)CCC(NC(=O)CNC(=O)C(N)CS)C(=O)NC(Cc1cnc[nH]1)C(=O)O. The van der Waals surface area contributed by atoms with Crippen LogP contribution in [-0.2, 0) is 30.4 Å². The van der Waals surface area contributed by atoms with Gasteiger partial charge in [-0.1, -0.05) is 0 Å². The van der Waals surface area contributed by atoms with E-state index in [0.717, 1.165) is 0 Å². The highest BCUT2D eigenvalue weighted by Crippen LogP contribution is 2.03. The lowest BCUT2D eigenvalue weighted by molar-refractivity contribution is -0.142. The second-order valence-electron chi connectivity index (χ2n) is 6.31. The molecule has 30 heavy (non-hydrogen) atoms. The highest BCUT2D eigenvalue weighted by Gasteiger charge is 2.27. The molecule has 1 aromatic heterocycles. The summed E-state index contributed by atoms with van der Waals surface area (Å²) in [7, 11) is 0. The number of rotatable bonds is 13. The Hall–Kier alpha value is -3.13. The van der Waals surface area contributed by atoms with Gasteiger partial charge in [0.2, 0.25) is 23.6 Å². The number of hydrogen-bond acceptors (Lipinski definition) is 8. The Morgan fingerprint density at radius 2 is 1.87 bits per heavy atom. The third-order valence-electron chi connectivity index (χ3n) is 3.88. The van der Waals surface area contributed by atoms with Crippen LogP contribution in [0, 0.1) is 0 Å². The van der Waals surface area contributed by atoms with Gasteiger partial charge in [-0.15, -0.1) is 0 Å². The maximum absolute atomic E-state index is 12.5. The van der Waals surface area contributed by atoms with Crippen LogP contribution in [-0.4, -0.2) is 75.1 Å². The fourth-order valence-corrected chi connectivity index (χ4v) is 2.44. The van der Waals surface area contributed by atoms with Gasteiger partial charge in [0.15, 0.2) is 0 Å². The first-order valence-electron chi connectivity index (χ1n) is 8.86. The number of nitrogens with two attached hydrogens (primary N) is 2. The van der Waals surface area contributed by atoms with Gasteiger partial charge in [-0.05, 0) is 6.42 Å². The van der Waals surface area contributed by atoms with Crippen molar-refractivity contribution in [1.82, 2.24) is 25.9 Å². The first kappa shape index (κ1) is 24.9. The van der Waals surface area contributed by atoms with Gasteiger partial charge in [-0.25, -0.2) is 9.78 Å². The number of aromatic nitrogens is 2. The number of carboxylic acids is 1. The number of hydrogen-bond donors (Lipinski definition) is 8. The quantitative estimate of drug-likeness (QED) is 0.143. The third-order valence-corrected chi connectivity index (χ3v) is 4.27. The van der Waals surface area contributed by atoms with E-state index in [1.165, 1.54) is 12.5 Å². The van der Waals surface area contributed by atoms with Gasteiger partial charge in [-0.2, -0.15) is 12.6 Å². The van der Waals surface area contributed by atoms with E-state index in [4.69, 9.17) is 11.5 Å². The highest BCUT2D eigenvalue weighted by atomic mass is 32.1. The van der Waals surface area contributed by atoms with E-state index in [9.17, 15) is 29.1 Å². The topological polar surface area (TPSA) is 222 Å². The second-order valence-corrected chi connectivity index (χ2v) is 6.68. The molecule has 0 spiro atoms. The minimum Gasteiger partial charge on any atom is -0.480 e. The number of aromatic amines is 1. The molecule has 1 rings (SSSR count). The number of carbonyl (C=O) groups is 5. The molecule has 0 aliphatic rings. The Bertz CT molecular complexity index is 757. The zero-order valence-corrected chi connectivity index (χ0v) is 16.9. The van der Waals surface area contributed by atoms with Gasteiger partial charge in [0.1, 0.15) is 12.1 Å². The van der Waals surface area contributed by atoms with Crippen LogP contribution in [0.1, 0.15) is 18.5 Å². The van der Waals surface area contributed by atoms with E-state index in [1.807, 2.05) is 0 Å². The molecular formula is C16H25N7O6S. The van der Waals surface area contributed by atoms with Crippen LogP contribution in [0.15, 0.2) is 12.5 Å². The standard InChI is InChI=1S/C16H25N7O6S/c17-9(6-30)14(26)20-5-13(25)22-10(1-2-12(18)24)15(27)23-11(16(28)29)3-8-4-19-7-21-8/h4,7,9-11,30H,1-3,5-6,17H2,(H2,18,24)(H,19,21)(H,20,26)(H,22,25)(H,23,27)(H,28,29). The molecule has 14 heteroatoms. The Morgan fingerprint density at radius 3 is 2.40 bits per heavy atom. The number of thiol groups is 1. The Labute approximate surface area is 177 Å². The lowest BCUT2D eigenvalue weighted by Crippen LogP contribution is -2.54. The first-order valence-corrected chi connectivity index (χ1v) is 9.49. The number of carboxylic acid groups (broad SMARTS) is 1. The predicted molar refractivity (Wildman–Crippen MR) is 107 cm³/mol. The van der Waals surface area contributed by atoms with Crippen molar-refractivity contribution in [2.75, 3.05) is 12.3 Å². The van der Waals surface area contributed by atoms with Crippen molar-refractivity contribution in [3.63, 3.8) is 0 Å².